The van der Waals surface area contributed by atoms with Crippen LogP contribution in [0.3, 0.4) is 0 Å². The zero-order chi connectivity index (χ0) is 13.0. The van der Waals surface area contributed by atoms with Crippen molar-refractivity contribution in [3.05, 3.63) is 46.3 Å². The zero-order valence-electron chi connectivity index (χ0n) is 10.1. The maximum atomic E-state index is 11.9. The average Bonchev–Trinajstić information content (AvgIpc) is 2.38. The number of rotatable bonds is 4. The smallest absolute Gasteiger partial charge is 0.348 e. The number of unbranched alkanes of at least 4 members (excludes halogenated alkanes) is 1. The molecule has 0 unspecified atom stereocenters. The molecule has 0 radical (unpaired) electrons. The molecule has 1 heterocycles. The Labute approximate surface area is 109 Å². The molecule has 0 spiro atoms. The molecule has 0 aliphatic carbocycles. The number of hydrogen-bond acceptors (Lipinski definition) is 4. The standard InChI is InChI=1S/C14H14O3S/c1-2-3-8-18-14(16)11-9-10-6-4-5-7-12(10)17-13(11)15/h4-7,9H,2-3,8H2,1H3. The van der Waals surface area contributed by atoms with Gasteiger partial charge in [0.25, 0.3) is 0 Å². The molecule has 94 valence electrons. The molecule has 1 aromatic carbocycles. The first-order valence-electron chi connectivity index (χ1n) is 5.92. The summed E-state index contributed by atoms with van der Waals surface area (Å²) in [4.78, 5) is 23.6. The topological polar surface area (TPSA) is 47.3 Å². The van der Waals surface area contributed by atoms with E-state index < -0.39 is 5.63 Å². The van der Waals surface area contributed by atoms with Gasteiger partial charge in [-0.1, -0.05) is 43.3 Å². The van der Waals surface area contributed by atoms with E-state index in [2.05, 4.69) is 6.92 Å². The van der Waals surface area contributed by atoms with Gasteiger partial charge in [-0.3, -0.25) is 4.79 Å². The van der Waals surface area contributed by atoms with Gasteiger partial charge in [0.05, 0.1) is 0 Å². The fraction of sp³-hybridized carbons (Fsp3) is 0.286. The van der Waals surface area contributed by atoms with Gasteiger partial charge in [0.2, 0.25) is 5.12 Å². The summed E-state index contributed by atoms with van der Waals surface area (Å²) in [6.07, 6.45) is 2.00. The van der Waals surface area contributed by atoms with Crippen LogP contribution in [0.1, 0.15) is 30.1 Å². The van der Waals surface area contributed by atoms with Crippen LogP contribution in [0.5, 0.6) is 0 Å². The maximum Gasteiger partial charge on any atom is 0.348 e. The Morgan fingerprint density at radius 1 is 1.33 bits per heavy atom. The van der Waals surface area contributed by atoms with Gasteiger partial charge < -0.3 is 4.42 Å². The number of thioether (sulfide) groups is 1. The molecule has 2 rings (SSSR count). The fourth-order valence-electron chi connectivity index (χ4n) is 1.59. The monoisotopic (exact) mass is 262 g/mol. The number of benzene rings is 1. The third-order valence-electron chi connectivity index (χ3n) is 2.59. The van der Waals surface area contributed by atoms with E-state index in [1.54, 1.807) is 18.2 Å². The number of para-hydroxylation sites is 1. The van der Waals surface area contributed by atoms with Crippen molar-refractivity contribution in [2.75, 3.05) is 5.75 Å². The molecule has 3 nitrogen and oxygen atoms in total. The van der Waals surface area contributed by atoms with E-state index in [0.29, 0.717) is 5.58 Å². The van der Waals surface area contributed by atoms with Gasteiger partial charge >= 0.3 is 5.63 Å². The molecule has 18 heavy (non-hydrogen) atoms. The molecular formula is C14H14O3S. The van der Waals surface area contributed by atoms with Crippen LogP contribution in [0, 0.1) is 0 Å². The Balaban J connectivity index is 2.30. The van der Waals surface area contributed by atoms with Gasteiger partial charge in [-0.05, 0) is 18.6 Å². The predicted octanol–water partition coefficient (Wildman–Crippen LogP) is 3.47. The molecule has 0 atom stereocenters. The maximum absolute atomic E-state index is 11.9. The molecule has 0 bridgehead atoms. The van der Waals surface area contributed by atoms with E-state index in [0.717, 1.165) is 24.0 Å². The second kappa shape index (κ2) is 5.87. The van der Waals surface area contributed by atoms with E-state index in [-0.39, 0.29) is 10.7 Å². The summed E-state index contributed by atoms with van der Waals surface area (Å²) < 4.78 is 5.13. The van der Waals surface area contributed by atoms with Crippen LogP contribution in [0.15, 0.2) is 39.5 Å². The summed E-state index contributed by atoms with van der Waals surface area (Å²) in [5.41, 5.74) is 0.0927. The minimum Gasteiger partial charge on any atom is -0.422 e. The Morgan fingerprint density at radius 3 is 2.89 bits per heavy atom. The molecule has 0 aliphatic heterocycles. The van der Waals surface area contributed by atoms with Crippen molar-refractivity contribution < 1.29 is 9.21 Å². The minimum atomic E-state index is -0.553. The van der Waals surface area contributed by atoms with Crippen LogP contribution >= 0.6 is 11.8 Å². The fourth-order valence-corrected chi connectivity index (χ4v) is 2.51. The summed E-state index contributed by atoms with van der Waals surface area (Å²) >= 11 is 1.18. The molecule has 0 amide bonds. The van der Waals surface area contributed by atoms with E-state index in [4.69, 9.17) is 4.42 Å². The second-order valence-corrected chi connectivity index (χ2v) is 5.04. The molecular weight excluding hydrogens is 248 g/mol. The number of carbonyl (C=O) groups excluding carboxylic acids is 1. The summed E-state index contributed by atoms with van der Waals surface area (Å²) in [7, 11) is 0. The predicted molar refractivity (Wildman–Crippen MR) is 74.2 cm³/mol. The SMILES string of the molecule is CCCCSC(=O)c1cc2ccccc2oc1=O. The van der Waals surface area contributed by atoms with Gasteiger partial charge in [-0.15, -0.1) is 0 Å². The lowest BCUT2D eigenvalue weighted by Crippen LogP contribution is -2.11. The van der Waals surface area contributed by atoms with Crippen LogP contribution < -0.4 is 5.63 Å². The van der Waals surface area contributed by atoms with Crippen molar-refractivity contribution in [3.63, 3.8) is 0 Å². The summed E-state index contributed by atoms with van der Waals surface area (Å²) in [5.74, 6) is 0.738. The van der Waals surface area contributed by atoms with Crippen LogP contribution in [-0.2, 0) is 0 Å². The first-order chi connectivity index (χ1) is 8.72. The van der Waals surface area contributed by atoms with Crippen molar-refractivity contribution in [1.82, 2.24) is 0 Å². The molecule has 4 heteroatoms. The lowest BCUT2D eigenvalue weighted by atomic mass is 10.2. The Kier molecular flexibility index (Phi) is 4.20. The van der Waals surface area contributed by atoms with Gasteiger partial charge in [0, 0.05) is 11.1 Å². The van der Waals surface area contributed by atoms with Crippen molar-refractivity contribution in [1.29, 1.82) is 0 Å². The highest BCUT2D eigenvalue weighted by molar-refractivity contribution is 8.14. The summed E-state index contributed by atoms with van der Waals surface area (Å²) in [6.45, 7) is 2.06. The average molecular weight is 262 g/mol. The Bertz CT molecular complexity index is 616. The van der Waals surface area contributed by atoms with Crippen molar-refractivity contribution in [2.24, 2.45) is 0 Å². The second-order valence-electron chi connectivity index (χ2n) is 3.97. The Morgan fingerprint density at radius 2 is 2.11 bits per heavy atom. The highest BCUT2D eigenvalue weighted by Gasteiger charge is 2.13. The lowest BCUT2D eigenvalue weighted by molar-refractivity contribution is 0.108. The van der Waals surface area contributed by atoms with Crippen LogP contribution in [-0.4, -0.2) is 10.9 Å². The normalized spacial score (nSPS) is 10.7. The highest BCUT2D eigenvalue weighted by atomic mass is 32.2. The van der Waals surface area contributed by atoms with E-state index in [1.165, 1.54) is 11.8 Å². The lowest BCUT2D eigenvalue weighted by Gasteiger charge is -2.01. The molecule has 2 aromatic rings. The van der Waals surface area contributed by atoms with E-state index >= 15 is 0 Å². The van der Waals surface area contributed by atoms with Crippen LogP contribution in [0.4, 0.5) is 0 Å². The first-order valence-corrected chi connectivity index (χ1v) is 6.91. The van der Waals surface area contributed by atoms with Gasteiger partial charge in [0.15, 0.2) is 0 Å². The van der Waals surface area contributed by atoms with Gasteiger partial charge in [-0.25, -0.2) is 4.79 Å². The highest BCUT2D eigenvalue weighted by Crippen LogP contribution is 2.17. The third-order valence-corrected chi connectivity index (χ3v) is 3.57. The largest absolute Gasteiger partial charge is 0.422 e. The van der Waals surface area contributed by atoms with Gasteiger partial charge in [0.1, 0.15) is 11.1 Å². The first kappa shape index (κ1) is 12.9. The van der Waals surface area contributed by atoms with Crippen LogP contribution in [0.2, 0.25) is 0 Å². The number of fused-ring (bicyclic) bond motifs is 1. The van der Waals surface area contributed by atoms with Gasteiger partial charge in [-0.2, -0.15) is 0 Å². The summed E-state index contributed by atoms with van der Waals surface area (Å²) in [5, 5.41) is 0.569. The van der Waals surface area contributed by atoms with Crippen LogP contribution in [0.25, 0.3) is 11.0 Å². The van der Waals surface area contributed by atoms with Crippen molar-refractivity contribution in [2.45, 2.75) is 19.8 Å². The summed E-state index contributed by atoms with van der Waals surface area (Å²) in [6, 6.07) is 8.80. The third kappa shape index (κ3) is 2.82. The van der Waals surface area contributed by atoms with E-state index in [1.807, 2.05) is 12.1 Å². The van der Waals surface area contributed by atoms with E-state index in [9.17, 15) is 9.59 Å². The minimum absolute atomic E-state index is 0.134. The molecule has 0 fully saturated rings. The van der Waals surface area contributed by atoms with Crippen molar-refractivity contribution >= 4 is 27.8 Å². The molecule has 0 saturated heterocycles. The molecule has 0 N–H and O–H groups in total. The number of hydrogen-bond donors (Lipinski definition) is 0. The molecule has 1 aromatic heterocycles. The quantitative estimate of drug-likeness (QED) is 0.625. The number of carbonyl (C=O) groups is 1. The van der Waals surface area contributed by atoms with Crippen molar-refractivity contribution in [3.8, 4) is 0 Å². The molecule has 0 aliphatic rings. The zero-order valence-corrected chi connectivity index (χ0v) is 11.0. The molecule has 0 saturated carbocycles. The Hall–Kier alpha value is -1.55.